The molecule has 0 aliphatic carbocycles. The number of carbonyl (C=O) groups excluding carboxylic acids is 1. The quantitative estimate of drug-likeness (QED) is 0.625. The van der Waals surface area contributed by atoms with Crippen LogP contribution >= 0.6 is 0 Å². The lowest BCUT2D eigenvalue weighted by atomic mass is 10.3. The van der Waals surface area contributed by atoms with E-state index in [9.17, 15) is 9.90 Å². The molecule has 0 atom stereocenters. The molecule has 0 aromatic carbocycles. The van der Waals surface area contributed by atoms with Crippen LogP contribution < -0.4 is 9.67 Å². The van der Waals surface area contributed by atoms with Crippen molar-refractivity contribution in [1.82, 2.24) is 4.57 Å². The minimum Gasteiger partial charge on any atom is -0.550 e. The maximum Gasteiger partial charge on any atom is 0.256 e. The van der Waals surface area contributed by atoms with Gasteiger partial charge in [0.05, 0.1) is 13.1 Å². The third-order valence-corrected chi connectivity index (χ3v) is 2.65. The molecule has 0 saturated carbocycles. The number of carboxylic acid groups (broad SMARTS) is 1. The standard InChI is InChI=1S/C12H20N2O2/c1-3-7-13-9-10-14(11(13)4-2)8-5-6-12(15)16/h9-10H,3-8H2,1-2H3. The van der Waals surface area contributed by atoms with E-state index >= 15 is 0 Å². The largest absolute Gasteiger partial charge is 0.550 e. The van der Waals surface area contributed by atoms with Crippen molar-refractivity contribution in [2.45, 2.75) is 52.6 Å². The highest BCUT2D eigenvalue weighted by molar-refractivity contribution is 5.64. The number of hydrogen-bond donors (Lipinski definition) is 0. The van der Waals surface area contributed by atoms with Gasteiger partial charge in [0, 0.05) is 12.4 Å². The summed E-state index contributed by atoms with van der Waals surface area (Å²) in [6, 6.07) is 0. The highest BCUT2D eigenvalue weighted by atomic mass is 16.4. The molecule has 1 rings (SSSR count). The van der Waals surface area contributed by atoms with Crippen LogP contribution in [0.2, 0.25) is 0 Å². The molecule has 16 heavy (non-hydrogen) atoms. The van der Waals surface area contributed by atoms with Crippen LogP contribution in [-0.4, -0.2) is 10.5 Å². The number of aliphatic carboxylic acids is 1. The lowest BCUT2D eigenvalue weighted by Crippen LogP contribution is -2.36. The molecule has 0 N–H and O–H groups in total. The highest BCUT2D eigenvalue weighted by Crippen LogP contribution is 2.01. The van der Waals surface area contributed by atoms with Gasteiger partial charge >= 0.3 is 0 Å². The molecule has 0 unspecified atom stereocenters. The van der Waals surface area contributed by atoms with E-state index in [1.54, 1.807) is 0 Å². The number of rotatable bonds is 7. The Kier molecular flexibility index (Phi) is 5.02. The van der Waals surface area contributed by atoms with Crippen LogP contribution in [-0.2, 0) is 24.3 Å². The normalized spacial score (nSPS) is 10.6. The van der Waals surface area contributed by atoms with Crippen LogP contribution in [0.3, 0.4) is 0 Å². The monoisotopic (exact) mass is 224 g/mol. The Balaban J connectivity index is 2.61. The smallest absolute Gasteiger partial charge is 0.256 e. The van der Waals surface area contributed by atoms with Gasteiger partial charge in [-0.3, -0.25) is 0 Å². The average molecular weight is 224 g/mol. The van der Waals surface area contributed by atoms with Crippen molar-refractivity contribution < 1.29 is 14.5 Å². The van der Waals surface area contributed by atoms with Gasteiger partial charge < -0.3 is 9.90 Å². The molecule has 4 heteroatoms. The van der Waals surface area contributed by atoms with Crippen LogP contribution in [0.4, 0.5) is 0 Å². The van der Waals surface area contributed by atoms with Gasteiger partial charge in [-0.1, -0.05) is 13.8 Å². The second kappa shape index (κ2) is 6.30. The van der Waals surface area contributed by atoms with Crippen LogP contribution in [0, 0.1) is 0 Å². The predicted octanol–water partition coefficient (Wildman–Crippen LogP) is 0.278. The average Bonchev–Trinajstić information content (AvgIpc) is 2.61. The Hall–Kier alpha value is -1.32. The molecule has 0 fully saturated rings. The summed E-state index contributed by atoms with van der Waals surface area (Å²) in [6.07, 6.45) is 6.95. The van der Waals surface area contributed by atoms with E-state index in [0.717, 1.165) is 25.9 Å². The van der Waals surface area contributed by atoms with Gasteiger partial charge in [-0.25, -0.2) is 9.13 Å². The zero-order valence-corrected chi connectivity index (χ0v) is 10.1. The highest BCUT2D eigenvalue weighted by Gasteiger charge is 2.13. The van der Waals surface area contributed by atoms with Crippen LogP contribution in [0.25, 0.3) is 0 Å². The first kappa shape index (κ1) is 12.7. The molecule has 4 nitrogen and oxygen atoms in total. The summed E-state index contributed by atoms with van der Waals surface area (Å²) >= 11 is 0. The Morgan fingerprint density at radius 1 is 1.50 bits per heavy atom. The first-order chi connectivity index (χ1) is 7.69. The van der Waals surface area contributed by atoms with E-state index in [-0.39, 0.29) is 6.42 Å². The first-order valence-corrected chi connectivity index (χ1v) is 5.96. The van der Waals surface area contributed by atoms with Gasteiger partial charge in [0.2, 0.25) is 0 Å². The Morgan fingerprint density at radius 3 is 2.81 bits per heavy atom. The summed E-state index contributed by atoms with van der Waals surface area (Å²) in [4.78, 5) is 10.3. The topological polar surface area (TPSA) is 48.9 Å². The van der Waals surface area contributed by atoms with E-state index in [0.29, 0.717) is 6.42 Å². The fourth-order valence-electron chi connectivity index (χ4n) is 1.95. The van der Waals surface area contributed by atoms with Crippen LogP contribution in [0.15, 0.2) is 12.4 Å². The predicted molar refractivity (Wildman–Crippen MR) is 58.5 cm³/mol. The van der Waals surface area contributed by atoms with Gasteiger partial charge in [-0.2, -0.15) is 0 Å². The zero-order chi connectivity index (χ0) is 12.0. The third-order valence-electron chi connectivity index (χ3n) is 2.65. The fourth-order valence-corrected chi connectivity index (χ4v) is 1.95. The Morgan fingerprint density at radius 2 is 2.25 bits per heavy atom. The fraction of sp³-hybridized carbons (Fsp3) is 0.667. The van der Waals surface area contributed by atoms with Crippen molar-refractivity contribution in [3.8, 4) is 0 Å². The zero-order valence-electron chi connectivity index (χ0n) is 10.1. The molecule has 0 radical (unpaired) electrons. The number of carboxylic acids is 1. The third kappa shape index (κ3) is 3.36. The summed E-state index contributed by atoms with van der Waals surface area (Å²) in [5.74, 6) is 0.298. The van der Waals surface area contributed by atoms with Gasteiger partial charge in [0.25, 0.3) is 5.82 Å². The van der Waals surface area contributed by atoms with Gasteiger partial charge in [0.1, 0.15) is 12.4 Å². The molecule has 0 amide bonds. The maximum absolute atomic E-state index is 10.3. The van der Waals surface area contributed by atoms with Crippen molar-refractivity contribution >= 4 is 5.97 Å². The van der Waals surface area contributed by atoms with Crippen molar-refractivity contribution in [3.63, 3.8) is 0 Å². The molecule has 1 aromatic rings. The van der Waals surface area contributed by atoms with Gasteiger partial charge in [-0.05, 0) is 19.3 Å². The first-order valence-electron chi connectivity index (χ1n) is 5.96. The molecular formula is C12H20N2O2. The minimum absolute atomic E-state index is 0.134. The van der Waals surface area contributed by atoms with Gasteiger partial charge in [0.15, 0.2) is 0 Å². The summed E-state index contributed by atoms with van der Waals surface area (Å²) < 4.78 is 4.37. The minimum atomic E-state index is -0.966. The van der Waals surface area contributed by atoms with Crippen LogP contribution in [0.5, 0.6) is 0 Å². The second-order valence-electron chi connectivity index (χ2n) is 3.93. The van der Waals surface area contributed by atoms with Crippen molar-refractivity contribution in [2.24, 2.45) is 0 Å². The lowest BCUT2D eigenvalue weighted by molar-refractivity contribution is -0.703. The summed E-state index contributed by atoms with van der Waals surface area (Å²) in [5, 5.41) is 10.3. The second-order valence-corrected chi connectivity index (χ2v) is 3.93. The molecule has 0 aliphatic rings. The summed E-state index contributed by atoms with van der Waals surface area (Å²) in [7, 11) is 0. The number of aryl methyl sites for hydroxylation is 2. The summed E-state index contributed by atoms with van der Waals surface area (Å²) in [6.45, 7) is 6.06. The van der Waals surface area contributed by atoms with E-state index in [4.69, 9.17) is 0 Å². The van der Waals surface area contributed by atoms with E-state index in [1.807, 2.05) is 6.20 Å². The number of nitrogens with zero attached hydrogens (tertiary/aromatic N) is 2. The van der Waals surface area contributed by atoms with E-state index < -0.39 is 5.97 Å². The van der Waals surface area contributed by atoms with E-state index in [2.05, 4.69) is 29.2 Å². The maximum atomic E-state index is 10.3. The van der Waals surface area contributed by atoms with Crippen molar-refractivity contribution in [3.05, 3.63) is 18.2 Å². The van der Waals surface area contributed by atoms with E-state index in [1.165, 1.54) is 5.82 Å². The molecule has 90 valence electrons. The number of aromatic nitrogens is 2. The molecule has 0 saturated heterocycles. The van der Waals surface area contributed by atoms with Crippen molar-refractivity contribution in [2.75, 3.05) is 0 Å². The number of imidazole rings is 1. The molecule has 1 aromatic heterocycles. The number of hydrogen-bond acceptors (Lipinski definition) is 2. The van der Waals surface area contributed by atoms with Gasteiger partial charge in [-0.15, -0.1) is 0 Å². The molecule has 0 aliphatic heterocycles. The number of carbonyl (C=O) groups is 1. The molecule has 1 heterocycles. The lowest BCUT2D eigenvalue weighted by Gasteiger charge is -2.03. The van der Waals surface area contributed by atoms with Crippen LogP contribution in [0.1, 0.15) is 38.9 Å². The molecule has 0 spiro atoms. The Labute approximate surface area is 96.5 Å². The molecule has 0 bridgehead atoms. The summed E-state index contributed by atoms with van der Waals surface area (Å²) in [5.41, 5.74) is 0. The molecular weight excluding hydrogens is 204 g/mol. The van der Waals surface area contributed by atoms with Crippen molar-refractivity contribution in [1.29, 1.82) is 0 Å². The Bertz CT molecular complexity index is 345. The SMILES string of the molecule is CCC[n+]1ccn(CCCC(=O)[O-])c1CC.